The maximum atomic E-state index is 13.1. The molecule has 4 rings (SSSR count). The van der Waals surface area contributed by atoms with E-state index in [1.54, 1.807) is 12.1 Å². The predicted octanol–water partition coefficient (Wildman–Crippen LogP) is 4.34. The lowest BCUT2D eigenvalue weighted by Crippen LogP contribution is -2.37. The van der Waals surface area contributed by atoms with Crippen molar-refractivity contribution in [3.8, 4) is 28.7 Å². The zero-order chi connectivity index (χ0) is 32.2. The van der Waals surface area contributed by atoms with Crippen LogP contribution in [0.1, 0.15) is 33.0 Å². The van der Waals surface area contributed by atoms with E-state index in [4.69, 9.17) is 23.7 Å². The monoisotopic (exact) mass is 611 g/mol. The number of amides is 2. The van der Waals surface area contributed by atoms with Gasteiger partial charge in [0.25, 0.3) is 5.91 Å². The summed E-state index contributed by atoms with van der Waals surface area (Å²) in [7, 11) is 5.78. The molecule has 11 nitrogen and oxygen atoms in total. The van der Waals surface area contributed by atoms with E-state index in [1.807, 2.05) is 60.7 Å². The molecule has 0 atom stereocenters. The second-order valence-electron chi connectivity index (χ2n) is 9.48. The molecule has 0 saturated heterocycles. The molecule has 4 aromatic carbocycles. The van der Waals surface area contributed by atoms with Gasteiger partial charge < -0.3 is 29.0 Å². The van der Waals surface area contributed by atoms with Gasteiger partial charge in [0, 0.05) is 0 Å². The van der Waals surface area contributed by atoms with Crippen molar-refractivity contribution >= 4 is 24.0 Å². The number of hydrogen-bond acceptors (Lipinski definition) is 9. The van der Waals surface area contributed by atoms with Crippen LogP contribution in [0.3, 0.4) is 0 Å². The number of ether oxygens (including phenoxy) is 5. The molecule has 0 bridgehead atoms. The molecule has 232 valence electrons. The highest BCUT2D eigenvalue weighted by molar-refractivity contribution is 5.93. The molecule has 0 aliphatic carbocycles. The van der Waals surface area contributed by atoms with Crippen molar-refractivity contribution < 1.29 is 38.1 Å². The molecular formula is C34H33N3O8. The Hall–Kier alpha value is -5.84. The summed E-state index contributed by atoms with van der Waals surface area (Å²) in [6.45, 7) is -0.272. The zero-order valence-electron chi connectivity index (χ0n) is 25.2. The van der Waals surface area contributed by atoms with Crippen molar-refractivity contribution in [1.82, 2.24) is 10.7 Å². The lowest BCUT2D eigenvalue weighted by molar-refractivity contribution is -0.126. The Kier molecular flexibility index (Phi) is 11.1. The van der Waals surface area contributed by atoms with Crippen LogP contribution in [-0.2, 0) is 9.59 Å². The van der Waals surface area contributed by atoms with Crippen molar-refractivity contribution in [2.45, 2.75) is 5.92 Å². The third-order valence-corrected chi connectivity index (χ3v) is 6.64. The normalized spacial score (nSPS) is 10.7. The number of hydrazone groups is 1. The van der Waals surface area contributed by atoms with Crippen molar-refractivity contribution in [2.24, 2.45) is 5.10 Å². The molecule has 11 heteroatoms. The summed E-state index contributed by atoms with van der Waals surface area (Å²) >= 11 is 0. The summed E-state index contributed by atoms with van der Waals surface area (Å²) in [6, 6.07) is 26.4. The Morgan fingerprint density at radius 1 is 0.711 bits per heavy atom. The molecule has 0 aliphatic heterocycles. The van der Waals surface area contributed by atoms with Gasteiger partial charge in [0.15, 0.2) is 23.0 Å². The average Bonchev–Trinajstić information content (AvgIpc) is 3.08. The maximum absolute atomic E-state index is 13.1. The summed E-state index contributed by atoms with van der Waals surface area (Å²) in [4.78, 5) is 38.5. The van der Waals surface area contributed by atoms with Crippen LogP contribution >= 0.6 is 0 Å². The van der Waals surface area contributed by atoms with E-state index in [0.717, 1.165) is 11.1 Å². The van der Waals surface area contributed by atoms with Gasteiger partial charge in [0.2, 0.25) is 11.7 Å². The first kappa shape index (κ1) is 32.1. The van der Waals surface area contributed by atoms with Gasteiger partial charge in [-0.3, -0.25) is 9.59 Å². The van der Waals surface area contributed by atoms with E-state index in [2.05, 4.69) is 15.8 Å². The second kappa shape index (κ2) is 15.6. The van der Waals surface area contributed by atoms with Gasteiger partial charge in [0.1, 0.15) is 0 Å². The Bertz CT molecular complexity index is 1590. The van der Waals surface area contributed by atoms with Crippen LogP contribution in [0.15, 0.2) is 96.1 Å². The Labute approximate surface area is 260 Å². The smallest absolute Gasteiger partial charge is 0.343 e. The van der Waals surface area contributed by atoms with E-state index in [9.17, 15) is 14.4 Å². The van der Waals surface area contributed by atoms with E-state index in [0.29, 0.717) is 22.8 Å². The van der Waals surface area contributed by atoms with E-state index in [-0.39, 0.29) is 29.5 Å². The number of esters is 1. The highest BCUT2D eigenvalue weighted by Gasteiger charge is 2.23. The molecule has 2 amide bonds. The first-order valence-corrected chi connectivity index (χ1v) is 13.8. The molecule has 0 unspecified atom stereocenters. The van der Waals surface area contributed by atoms with Gasteiger partial charge >= 0.3 is 5.97 Å². The van der Waals surface area contributed by atoms with Crippen LogP contribution in [-0.4, -0.2) is 59.0 Å². The third-order valence-electron chi connectivity index (χ3n) is 6.64. The van der Waals surface area contributed by atoms with Crippen LogP contribution in [0.5, 0.6) is 28.7 Å². The molecule has 2 N–H and O–H groups in total. The quantitative estimate of drug-likeness (QED) is 0.0988. The Morgan fingerprint density at radius 3 is 1.82 bits per heavy atom. The van der Waals surface area contributed by atoms with Crippen LogP contribution in [0, 0.1) is 0 Å². The summed E-state index contributed by atoms with van der Waals surface area (Å²) in [6.07, 6.45) is 1.39. The first-order chi connectivity index (χ1) is 21.9. The van der Waals surface area contributed by atoms with Crippen LogP contribution < -0.4 is 34.4 Å². The molecule has 45 heavy (non-hydrogen) atoms. The second-order valence-corrected chi connectivity index (χ2v) is 9.48. The molecule has 0 saturated carbocycles. The number of methoxy groups -OCH3 is 4. The van der Waals surface area contributed by atoms with E-state index in [1.165, 1.54) is 52.9 Å². The minimum absolute atomic E-state index is 0.159. The van der Waals surface area contributed by atoms with Crippen LogP contribution in [0.4, 0.5) is 0 Å². The van der Waals surface area contributed by atoms with Gasteiger partial charge in [-0.25, -0.2) is 10.2 Å². The van der Waals surface area contributed by atoms with Crippen LogP contribution in [0.25, 0.3) is 0 Å². The SMILES string of the molecule is COc1cc(/C=N\NC(=O)CNC(=O)C(c2ccccc2)c2ccccc2)ccc1OC(=O)c1cc(OC)c(OC)c(OC)c1. The zero-order valence-corrected chi connectivity index (χ0v) is 25.2. The molecule has 0 fully saturated rings. The number of hydrogen-bond donors (Lipinski definition) is 2. The maximum Gasteiger partial charge on any atom is 0.343 e. The molecule has 0 aliphatic rings. The topological polar surface area (TPSA) is 134 Å². The number of carbonyl (C=O) groups is 3. The molecule has 4 aromatic rings. The van der Waals surface area contributed by atoms with Gasteiger partial charge in [-0.1, -0.05) is 60.7 Å². The summed E-state index contributed by atoms with van der Waals surface area (Å²) in [5.74, 6) is -0.710. The van der Waals surface area contributed by atoms with Gasteiger partial charge in [-0.15, -0.1) is 0 Å². The fraction of sp³-hybridized carbons (Fsp3) is 0.176. The summed E-state index contributed by atoms with van der Waals surface area (Å²) in [5.41, 5.74) is 4.74. The Balaban J connectivity index is 1.37. The highest BCUT2D eigenvalue weighted by Crippen LogP contribution is 2.39. The number of rotatable bonds is 13. The number of nitrogens with zero attached hydrogens (tertiary/aromatic N) is 1. The first-order valence-electron chi connectivity index (χ1n) is 13.8. The standard InChI is InChI=1S/C34H33N3O8/c1-41-27-17-22(15-16-26(27)45-34(40)25-18-28(42-2)32(44-4)29(19-25)43-3)20-36-37-30(38)21-35-33(39)31(23-11-7-5-8-12-23)24-13-9-6-10-14-24/h5-20,31H,21H2,1-4H3,(H,35,39)(H,37,38)/b36-20-. The van der Waals surface area contributed by atoms with Gasteiger partial charge in [-0.2, -0.15) is 5.10 Å². The van der Waals surface area contributed by atoms with Crippen molar-refractivity contribution in [3.05, 3.63) is 113 Å². The minimum Gasteiger partial charge on any atom is -0.493 e. The highest BCUT2D eigenvalue weighted by atomic mass is 16.6. The largest absolute Gasteiger partial charge is 0.493 e. The van der Waals surface area contributed by atoms with Crippen molar-refractivity contribution in [2.75, 3.05) is 35.0 Å². The van der Waals surface area contributed by atoms with Gasteiger partial charge in [0.05, 0.1) is 52.7 Å². The minimum atomic E-state index is -0.676. The van der Waals surface area contributed by atoms with E-state index < -0.39 is 17.8 Å². The fourth-order valence-corrected chi connectivity index (χ4v) is 4.48. The molecule has 0 aromatic heterocycles. The number of benzene rings is 4. The van der Waals surface area contributed by atoms with Crippen molar-refractivity contribution in [1.29, 1.82) is 0 Å². The van der Waals surface area contributed by atoms with Crippen molar-refractivity contribution in [3.63, 3.8) is 0 Å². The molecular weight excluding hydrogens is 578 g/mol. The third kappa shape index (κ3) is 8.17. The van der Waals surface area contributed by atoms with Gasteiger partial charge in [-0.05, 0) is 47.0 Å². The lowest BCUT2D eigenvalue weighted by atomic mass is 9.90. The Morgan fingerprint density at radius 2 is 1.29 bits per heavy atom. The molecule has 0 heterocycles. The number of carbonyl (C=O) groups excluding carboxylic acids is 3. The fourth-order valence-electron chi connectivity index (χ4n) is 4.48. The summed E-state index contributed by atoms with van der Waals surface area (Å²) in [5, 5.41) is 6.66. The molecule has 0 spiro atoms. The van der Waals surface area contributed by atoms with Crippen LogP contribution in [0.2, 0.25) is 0 Å². The predicted molar refractivity (Wildman–Crippen MR) is 168 cm³/mol. The summed E-state index contributed by atoms with van der Waals surface area (Å²) < 4.78 is 26.9. The lowest BCUT2D eigenvalue weighted by Gasteiger charge is -2.17. The molecule has 0 radical (unpaired) electrons. The number of nitrogens with one attached hydrogen (secondary N) is 2. The van der Waals surface area contributed by atoms with E-state index >= 15 is 0 Å². The average molecular weight is 612 g/mol.